The summed E-state index contributed by atoms with van der Waals surface area (Å²) in [5.74, 6) is -0.0392. The molecule has 132 valence electrons. The summed E-state index contributed by atoms with van der Waals surface area (Å²) in [5.41, 5.74) is 0. The number of likely N-dealkylation sites (tertiary alicyclic amines) is 1. The molecule has 5 heteroatoms. The summed E-state index contributed by atoms with van der Waals surface area (Å²) >= 11 is 0. The number of amides is 1. The van der Waals surface area contributed by atoms with E-state index < -0.39 is 0 Å². The van der Waals surface area contributed by atoms with Gasteiger partial charge in [0.05, 0.1) is 13.0 Å². The number of nitrogens with zero attached hydrogens (tertiary/aromatic N) is 2. The lowest BCUT2D eigenvalue weighted by Gasteiger charge is -2.33. The normalized spacial score (nSPS) is 20.1. The van der Waals surface area contributed by atoms with Gasteiger partial charge in [-0.15, -0.1) is 0 Å². The highest BCUT2D eigenvalue weighted by atomic mass is 16.5. The molecule has 1 saturated heterocycles. The lowest BCUT2D eigenvalue weighted by atomic mass is 9.84. The van der Waals surface area contributed by atoms with Crippen LogP contribution in [0.25, 0.3) is 0 Å². The minimum atomic E-state index is -0.248. The van der Waals surface area contributed by atoms with Crippen molar-refractivity contribution >= 4 is 11.9 Å². The summed E-state index contributed by atoms with van der Waals surface area (Å²) in [6.07, 6.45) is 7.97. The monoisotopic (exact) mass is 324 g/mol. The number of hydrogen-bond donors (Lipinski definition) is 0. The Hall–Kier alpha value is -1.10. The van der Waals surface area contributed by atoms with E-state index >= 15 is 0 Å². The Bertz CT molecular complexity index is 390. The maximum Gasteiger partial charge on any atom is 0.310 e. The van der Waals surface area contributed by atoms with Crippen LogP contribution in [0.2, 0.25) is 0 Å². The Kier molecular flexibility index (Phi) is 7.34. The molecule has 2 aliphatic rings. The van der Waals surface area contributed by atoms with Gasteiger partial charge in [0.2, 0.25) is 5.91 Å². The summed E-state index contributed by atoms with van der Waals surface area (Å²) in [7, 11) is 1.41. The Labute approximate surface area is 140 Å². The Morgan fingerprint density at radius 1 is 1.17 bits per heavy atom. The van der Waals surface area contributed by atoms with Gasteiger partial charge in [-0.05, 0) is 58.2 Å². The zero-order valence-corrected chi connectivity index (χ0v) is 14.8. The van der Waals surface area contributed by atoms with Gasteiger partial charge in [-0.1, -0.05) is 13.3 Å². The first-order valence-corrected chi connectivity index (χ1v) is 9.20. The Balaban J connectivity index is 1.77. The van der Waals surface area contributed by atoms with Gasteiger partial charge in [0.15, 0.2) is 0 Å². The number of carbonyl (C=O) groups excluding carboxylic acids is 2. The molecule has 1 amide bonds. The van der Waals surface area contributed by atoms with Crippen LogP contribution in [-0.2, 0) is 14.3 Å². The molecule has 0 radical (unpaired) electrons. The fraction of sp³-hybridized carbons (Fsp3) is 0.889. The quantitative estimate of drug-likeness (QED) is 0.482. The zero-order chi connectivity index (χ0) is 16.7. The van der Waals surface area contributed by atoms with Gasteiger partial charge in [0.1, 0.15) is 0 Å². The lowest BCUT2D eigenvalue weighted by Crippen LogP contribution is -2.43. The smallest absolute Gasteiger partial charge is 0.310 e. The van der Waals surface area contributed by atoms with Crippen LogP contribution in [0.3, 0.4) is 0 Å². The highest BCUT2D eigenvalue weighted by molar-refractivity contribution is 5.80. The van der Waals surface area contributed by atoms with Crippen molar-refractivity contribution in [3.63, 3.8) is 0 Å². The number of unbranched alkanes of at least 4 members (excludes halogenated alkanes) is 1. The van der Waals surface area contributed by atoms with Crippen LogP contribution >= 0.6 is 0 Å². The van der Waals surface area contributed by atoms with E-state index in [0.717, 1.165) is 45.2 Å². The second kappa shape index (κ2) is 9.26. The van der Waals surface area contributed by atoms with Crippen LogP contribution in [-0.4, -0.2) is 61.5 Å². The van der Waals surface area contributed by atoms with Crippen molar-refractivity contribution in [2.45, 2.75) is 51.9 Å². The van der Waals surface area contributed by atoms with Crippen molar-refractivity contribution < 1.29 is 14.3 Å². The van der Waals surface area contributed by atoms with E-state index in [0.29, 0.717) is 6.54 Å². The molecule has 2 fully saturated rings. The summed E-state index contributed by atoms with van der Waals surface area (Å²) in [5, 5.41) is 0. The molecule has 5 nitrogen and oxygen atoms in total. The molecule has 1 saturated carbocycles. The topological polar surface area (TPSA) is 49.9 Å². The molecular weight excluding hydrogens is 292 g/mol. The van der Waals surface area contributed by atoms with Crippen molar-refractivity contribution in [1.29, 1.82) is 0 Å². The summed E-state index contributed by atoms with van der Waals surface area (Å²) in [4.78, 5) is 28.7. The number of hydrogen-bond acceptors (Lipinski definition) is 4. The molecule has 23 heavy (non-hydrogen) atoms. The maximum atomic E-state index is 12.6. The van der Waals surface area contributed by atoms with Crippen LogP contribution in [0.1, 0.15) is 51.9 Å². The maximum absolute atomic E-state index is 12.6. The fourth-order valence-corrected chi connectivity index (χ4v) is 3.46. The van der Waals surface area contributed by atoms with Crippen LogP contribution in [0, 0.1) is 11.8 Å². The van der Waals surface area contributed by atoms with E-state index in [4.69, 9.17) is 4.74 Å². The van der Waals surface area contributed by atoms with Crippen molar-refractivity contribution in [2.75, 3.05) is 39.8 Å². The molecular formula is C18H32N2O3. The van der Waals surface area contributed by atoms with Gasteiger partial charge in [-0.25, -0.2) is 0 Å². The predicted molar refractivity (Wildman–Crippen MR) is 90.0 cm³/mol. The van der Waals surface area contributed by atoms with Crippen molar-refractivity contribution in [1.82, 2.24) is 9.80 Å². The summed E-state index contributed by atoms with van der Waals surface area (Å²) in [6, 6.07) is 0. The van der Waals surface area contributed by atoms with Gasteiger partial charge in [0, 0.05) is 19.0 Å². The second-order valence-corrected chi connectivity index (χ2v) is 7.09. The third kappa shape index (κ3) is 5.48. The lowest BCUT2D eigenvalue weighted by molar-refractivity contribution is -0.147. The number of esters is 1. The first-order valence-electron chi connectivity index (χ1n) is 9.20. The second-order valence-electron chi connectivity index (χ2n) is 7.09. The van der Waals surface area contributed by atoms with Crippen molar-refractivity contribution in [3.05, 3.63) is 0 Å². The number of rotatable bonds is 9. The largest absolute Gasteiger partial charge is 0.469 e. The van der Waals surface area contributed by atoms with E-state index in [1.807, 2.05) is 11.8 Å². The third-order valence-corrected chi connectivity index (χ3v) is 5.21. The molecule has 0 aromatic rings. The molecule has 0 N–H and O–H groups in total. The fourth-order valence-electron chi connectivity index (χ4n) is 3.46. The summed E-state index contributed by atoms with van der Waals surface area (Å²) in [6.45, 7) is 6.69. The Morgan fingerprint density at radius 3 is 2.43 bits per heavy atom. The number of ether oxygens (including phenoxy) is 1. The van der Waals surface area contributed by atoms with E-state index in [1.165, 1.54) is 33.0 Å². The molecule has 1 heterocycles. The third-order valence-electron chi connectivity index (χ3n) is 5.21. The molecule has 2 rings (SSSR count). The molecule has 1 aliphatic heterocycles. The molecule has 1 unspecified atom stereocenters. The van der Waals surface area contributed by atoms with Gasteiger partial charge >= 0.3 is 5.97 Å². The molecule has 0 aromatic heterocycles. The molecule has 1 aliphatic carbocycles. The first-order chi connectivity index (χ1) is 11.1. The average molecular weight is 324 g/mol. The zero-order valence-electron chi connectivity index (χ0n) is 14.8. The van der Waals surface area contributed by atoms with Crippen LogP contribution < -0.4 is 0 Å². The van der Waals surface area contributed by atoms with E-state index in [-0.39, 0.29) is 23.7 Å². The van der Waals surface area contributed by atoms with E-state index in [1.54, 1.807) is 0 Å². The van der Waals surface area contributed by atoms with Crippen LogP contribution in [0.15, 0.2) is 0 Å². The van der Waals surface area contributed by atoms with Gasteiger partial charge < -0.3 is 14.5 Å². The van der Waals surface area contributed by atoms with E-state index in [9.17, 15) is 9.59 Å². The van der Waals surface area contributed by atoms with E-state index in [2.05, 4.69) is 4.90 Å². The van der Waals surface area contributed by atoms with Crippen molar-refractivity contribution in [2.24, 2.45) is 11.8 Å². The van der Waals surface area contributed by atoms with Crippen LogP contribution in [0.5, 0.6) is 0 Å². The van der Waals surface area contributed by atoms with Crippen molar-refractivity contribution in [3.8, 4) is 0 Å². The van der Waals surface area contributed by atoms with Gasteiger partial charge in [0.25, 0.3) is 0 Å². The van der Waals surface area contributed by atoms with Crippen LogP contribution in [0.4, 0.5) is 0 Å². The Morgan fingerprint density at radius 2 is 1.87 bits per heavy atom. The standard InChI is InChI=1S/C18H32N2O3/c1-15(18(22)23-2)14-20(17(21)16-8-7-9-16)13-6-5-12-19-10-3-4-11-19/h15-16H,3-14H2,1-2H3. The number of methoxy groups -OCH3 is 1. The highest BCUT2D eigenvalue weighted by Gasteiger charge is 2.31. The summed E-state index contributed by atoms with van der Waals surface area (Å²) < 4.78 is 4.80. The first kappa shape index (κ1) is 18.2. The molecule has 1 atom stereocenters. The highest BCUT2D eigenvalue weighted by Crippen LogP contribution is 2.28. The average Bonchev–Trinajstić information content (AvgIpc) is 3.00. The predicted octanol–water partition coefficient (Wildman–Crippen LogP) is 2.30. The number of carbonyl (C=O) groups is 2. The van der Waals surface area contributed by atoms with Gasteiger partial charge in [-0.2, -0.15) is 0 Å². The SMILES string of the molecule is COC(=O)C(C)CN(CCCCN1CCCC1)C(=O)C1CCC1. The molecule has 0 spiro atoms. The van der Waals surface area contributed by atoms with Gasteiger partial charge in [-0.3, -0.25) is 9.59 Å². The molecule has 0 aromatic carbocycles. The molecule has 0 bridgehead atoms. The minimum Gasteiger partial charge on any atom is -0.469 e. The minimum absolute atomic E-state index is 0.193.